The molecule has 1 aromatic carbocycles. The van der Waals surface area contributed by atoms with Gasteiger partial charge in [-0.05, 0) is 31.7 Å². The van der Waals surface area contributed by atoms with E-state index in [-0.39, 0.29) is 11.6 Å². The Morgan fingerprint density at radius 3 is 2.62 bits per heavy atom. The fourth-order valence-corrected chi connectivity index (χ4v) is 2.32. The van der Waals surface area contributed by atoms with Crippen LogP contribution in [0, 0.1) is 0 Å². The molecule has 0 aliphatic heterocycles. The lowest BCUT2D eigenvalue weighted by Gasteiger charge is -2.25. The van der Waals surface area contributed by atoms with Crippen molar-refractivity contribution < 1.29 is 9.90 Å². The molecule has 1 aromatic heterocycles. The first kappa shape index (κ1) is 15.5. The van der Waals surface area contributed by atoms with Crippen molar-refractivity contribution in [1.29, 1.82) is 0 Å². The molecule has 0 saturated heterocycles. The van der Waals surface area contributed by atoms with Gasteiger partial charge in [0.25, 0.3) is 0 Å². The summed E-state index contributed by atoms with van der Waals surface area (Å²) < 4.78 is 1.61. The van der Waals surface area contributed by atoms with Crippen LogP contribution in [-0.4, -0.2) is 32.8 Å². The minimum atomic E-state index is -0.953. The number of carboxylic acids is 1. The predicted octanol–water partition coefficient (Wildman–Crippen LogP) is 2.96. The SMILES string of the molecule is CC(c1ccc(Cl)cc1)N(C)Cc1c(C(=O)O)cnn1C. The number of halogens is 1. The molecule has 1 heterocycles. The molecule has 1 unspecified atom stereocenters. The highest BCUT2D eigenvalue weighted by atomic mass is 35.5. The second-order valence-corrected chi connectivity index (χ2v) is 5.51. The molecule has 2 rings (SSSR count). The number of carboxylic acid groups (broad SMARTS) is 1. The number of nitrogens with zero attached hydrogens (tertiary/aromatic N) is 3. The van der Waals surface area contributed by atoms with Crippen molar-refractivity contribution in [3.8, 4) is 0 Å². The molecule has 0 saturated carbocycles. The van der Waals surface area contributed by atoms with Crippen LogP contribution in [0.15, 0.2) is 30.5 Å². The van der Waals surface area contributed by atoms with Gasteiger partial charge in [0.1, 0.15) is 5.56 Å². The summed E-state index contributed by atoms with van der Waals surface area (Å²) >= 11 is 5.90. The topological polar surface area (TPSA) is 58.4 Å². The standard InChI is InChI=1S/C15H18ClN3O2/c1-10(11-4-6-12(16)7-5-11)18(2)9-14-13(15(20)21)8-17-19(14)3/h4-8,10H,9H2,1-3H3,(H,20,21). The Morgan fingerprint density at radius 1 is 1.43 bits per heavy atom. The van der Waals surface area contributed by atoms with Gasteiger partial charge >= 0.3 is 5.97 Å². The summed E-state index contributed by atoms with van der Waals surface area (Å²) in [6.45, 7) is 2.57. The van der Waals surface area contributed by atoms with E-state index in [2.05, 4.69) is 16.9 Å². The van der Waals surface area contributed by atoms with Gasteiger partial charge in [-0.25, -0.2) is 4.79 Å². The molecule has 112 valence electrons. The highest BCUT2D eigenvalue weighted by Crippen LogP contribution is 2.23. The van der Waals surface area contributed by atoms with Crippen LogP contribution in [0.25, 0.3) is 0 Å². The molecule has 0 fully saturated rings. The molecule has 0 radical (unpaired) electrons. The molecular weight excluding hydrogens is 290 g/mol. The minimum Gasteiger partial charge on any atom is -0.478 e. The van der Waals surface area contributed by atoms with Crippen LogP contribution in [0.5, 0.6) is 0 Å². The molecule has 21 heavy (non-hydrogen) atoms. The van der Waals surface area contributed by atoms with E-state index in [1.807, 2.05) is 31.3 Å². The van der Waals surface area contributed by atoms with Gasteiger partial charge in [0, 0.05) is 24.7 Å². The summed E-state index contributed by atoms with van der Waals surface area (Å²) in [5.74, 6) is -0.953. The van der Waals surface area contributed by atoms with E-state index >= 15 is 0 Å². The molecular formula is C15H18ClN3O2. The van der Waals surface area contributed by atoms with Crippen molar-refractivity contribution in [2.75, 3.05) is 7.05 Å². The van der Waals surface area contributed by atoms with E-state index < -0.39 is 5.97 Å². The number of aryl methyl sites for hydroxylation is 1. The smallest absolute Gasteiger partial charge is 0.339 e. The van der Waals surface area contributed by atoms with Crippen molar-refractivity contribution in [1.82, 2.24) is 14.7 Å². The molecule has 6 heteroatoms. The third-order valence-electron chi connectivity index (χ3n) is 3.70. The lowest BCUT2D eigenvalue weighted by Crippen LogP contribution is -2.24. The van der Waals surface area contributed by atoms with Crippen LogP contribution in [0.4, 0.5) is 0 Å². The Morgan fingerprint density at radius 2 is 2.05 bits per heavy atom. The van der Waals surface area contributed by atoms with Crippen LogP contribution in [0.2, 0.25) is 5.02 Å². The quantitative estimate of drug-likeness (QED) is 0.922. The molecule has 0 bridgehead atoms. The zero-order chi connectivity index (χ0) is 15.6. The summed E-state index contributed by atoms with van der Waals surface area (Å²) in [5.41, 5.74) is 2.06. The Kier molecular flexibility index (Phi) is 4.65. The largest absolute Gasteiger partial charge is 0.478 e. The summed E-state index contributed by atoms with van der Waals surface area (Å²) in [4.78, 5) is 13.3. The van der Waals surface area contributed by atoms with E-state index in [0.717, 1.165) is 5.56 Å². The zero-order valence-electron chi connectivity index (χ0n) is 12.2. The van der Waals surface area contributed by atoms with Gasteiger partial charge in [-0.15, -0.1) is 0 Å². The van der Waals surface area contributed by atoms with E-state index in [1.165, 1.54) is 6.20 Å². The summed E-state index contributed by atoms with van der Waals surface area (Å²) in [6, 6.07) is 7.80. The second-order valence-electron chi connectivity index (χ2n) is 5.08. The molecule has 2 aromatic rings. The highest BCUT2D eigenvalue weighted by molar-refractivity contribution is 6.30. The maximum atomic E-state index is 11.2. The van der Waals surface area contributed by atoms with Crippen molar-refractivity contribution in [3.05, 3.63) is 52.3 Å². The van der Waals surface area contributed by atoms with Crippen LogP contribution < -0.4 is 0 Å². The Hall–Kier alpha value is -1.85. The van der Waals surface area contributed by atoms with E-state index in [1.54, 1.807) is 11.7 Å². The fourth-order valence-electron chi connectivity index (χ4n) is 2.20. The van der Waals surface area contributed by atoms with Crippen molar-refractivity contribution >= 4 is 17.6 Å². The Labute approximate surface area is 128 Å². The summed E-state index contributed by atoms with van der Waals surface area (Å²) in [6.07, 6.45) is 1.39. The van der Waals surface area contributed by atoms with Gasteiger partial charge in [-0.3, -0.25) is 9.58 Å². The van der Waals surface area contributed by atoms with Gasteiger partial charge < -0.3 is 5.11 Å². The second kappa shape index (κ2) is 6.28. The van der Waals surface area contributed by atoms with Gasteiger partial charge in [0.2, 0.25) is 0 Å². The minimum absolute atomic E-state index is 0.138. The first-order valence-corrected chi connectivity index (χ1v) is 6.97. The summed E-state index contributed by atoms with van der Waals surface area (Å²) in [5, 5.41) is 13.9. The van der Waals surface area contributed by atoms with E-state index in [0.29, 0.717) is 17.3 Å². The Bertz CT molecular complexity index is 637. The molecule has 0 aliphatic carbocycles. The fraction of sp³-hybridized carbons (Fsp3) is 0.333. The molecule has 1 atom stereocenters. The molecule has 5 nitrogen and oxygen atoms in total. The third kappa shape index (κ3) is 3.43. The molecule has 0 amide bonds. The maximum Gasteiger partial charge on any atom is 0.339 e. The first-order chi connectivity index (χ1) is 9.90. The predicted molar refractivity (Wildman–Crippen MR) is 81.5 cm³/mol. The van der Waals surface area contributed by atoms with Crippen LogP contribution in [0.3, 0.4) is 0 Å². The molecule has 0 aliphatic rings. The van der Waals surface area contributed by atoms with E-state index in [4.69, 9.17) is 11.6 Å². The van der Waals surface area contributed by atoms with E-state index in [9.17, 15) is 9.90 Å². The zero-order valence-corrected chi connectivity index (χ0v) is 13.0. The lowest BCUT2D eigenvalue weighted by atomic mass is 10.1. The monoisotopic (exact) mass is 307 g/mol. The highest BCUT2D eigenvalue weighted by Gasteiger charge is 2.19. The van der Waals surface area contributed by atoms with Crippen LogP contribution in [0.1, 0.15) is 34.6 Å². The van der Waals surface area contributed by atoms with Crippen LogP contribution in [-0.2, 0) is 13.6 Å². The average molecular weight is 308 g/mol. The normalized spacial score (nSPS) is 12.6. The van der Waals surface area contributed by atoms with Gasteiger partial charge in [0.05, 0.1) is 11.9 Å². The number of aromatic carboxylic acids is 1. The van der Waals surface area contributed by atoms with Crippen molar-refractivity contribution in [2.45, 2.75) is 19.5 Å². The number of benzene rings is 1. The third-order valence-corrected chi connectivity index (χ3v) is 3.96. The first-order valence-electron chi connectivity index (χ1n) is 6.60. The number of hydrogen-bond acceptors (Lipinski definition) is 3. The molecule has 1 N–H and O–H groups in total. The number of rotatable bonds is 5. The van der Waals surface area contributed by atoms with Crippen LogP contribution >= 0.6 is 11.6 Å². The van der Waals surface area contributed by atoms with Gasteiger partial charge in [-0.2, -0.15) is 5.10 Å². The number of carbonyl (C=O) groups is 1. The average Bonchev–Trinajstić information content (AvgIpc) is 2.80. The van der Waals surface area contributed by atoms with Crippen molar-refractivity contribution in [2.24, 2.45) is 7.05 Å². The number of hydrogen-bond donors (Lipinski definition) is 1. The van der Waals surface area contributed by atoms with Crippen molar-refractivity contribution in [3.63, 3.8) is 0 Å². The van der Waals surface area contributed by atoms with Gasteiger partial charge in [0.15, 0.2) is 0 Å². The van der Waals surface area contributed by atoms with Gasteiger partial charge in [-0.1, -0.05) is 23.7 Å². The number of aromatic nitrogens is 2. The summed E-state index contributed by atoms with van der Waals surface area (Å²) in [7, 11) is 3.71. The molecule has 0 spiro atoms. The lowest BCUT2D eigenvalue weighted by molar-refractivity contribution is 0.0694. The Balaban J connectivity index is 2.18. The maximum absolute atomic E-state index is 11.2.